The first-order valence-electron chi connectivity index (χ1n) is 8.80. The van der Waals surface area contributed by atoms with E-state index in [-0.39, 0.29) is 16.2 Å². The van der Waals surface area contributed by atoms with Crippen LogP contribution in [0.4, 0.5) is 9.52 Å². The Bertz CT molecular complexity index is 1410. The fourth-order valence-electron chi connectivity index (χ4n) is 3.52. The van der Waals surface area contributed by atoms with Crippen LogP contribution in [0.15, 0.2) is 56.8 Å². The van der Waals surface area contributed by atoms with Crippen molar-refractivity contribution in [2.75, 3.05) is 11.3 Å². The molecule has 2 aromatic carbocycles. The van der Waals surface area contributed by atoms with Gasteiger partial charge in [-0.2, -0.15) is 4.37 Å². The number of fused-ring (bicyclic) bond motifs is 2. The van der Waals surface area contributed by atoms with Crippen LogP contribution >= 0.6 is 11.5 Å². The Morgan fingerprint density at radius 2 is 2.10 bits per heavy atom. The molecular weight excluding hydrogens is 435 g/mol. The summed E-state index contributed by atoms with van der Waals surface area (Å²) in [5.74, 6) is -1.09. The highest BCUT2D eigenvalue weighted by molar-refractivity contribution is 7.93. The lowest BCUT2D eigenvalue weighted by molar-refractivity contribution is 0.253. The van der Waals surface area contributed by atoms with E-state index in [1.54, 1.807) is 6.07 Å². The molecule has 30 heavy (non-hydrogen) atoms. The van der Waals surface area contributed by atoms with Crippen LogP contribution in [0.5, 0.6) is 5.75 Å². The summed E-state index contributed by atoms with van der Waals surface area (Å²) in [5.41, 5.74) is 0.890. The second-order valence-corrected chi connectivity index (χ2v) is 8.96. The molecule has 0 saturated heterocycles. The second kappa shape index (κ2) is 6.92. The van der Waals surface area contributed by atoms with E-state index in [0.29, 0.717) is 18.8 Å². The van der Waals surface area contributed by atoms with Gasteiger partial charge in [0.05, 0.1) is 18.2 Å². The van der Waals surface area contributed by atoms with Crippen molar-refractivity contribution in [2.45, 2.75) is 17.4 Å². The van der Waals surface area contributed by atoms with Crippen molar-refractivity contribution in [3.05, 3.63) is 64.7 Å². The van der Waals surface area contributed by atoms with Gasteiger partial charge in [0.1, 0.15) is 22.8 Å². The molecule has 12 heteroatoms. The third-order valence-electron chi connectivity index (χ3n) is 4.78. The lowest BCUT2D eigenvalue weighted by atomic mass is 10.0. The molecular formula is C18H13FN4O5S2. The van der Waals surface area contributed by atoms with Crippen LogP contribution in [0.3, 0.4) is 0 Å². The van der Waals surface area contributed by atoms with E-state index in [9.17, 15) is 17.6 Å². The Balaban J connectivity index is 1.63. The number of halogens is 1. The molecule has 0 amide bonds. The quantitative estimate of drug-likeness (QED) is 0.510. The first-order valence-corrected chi connectivity index (χ1v) is 11.1. The van der Waals surface area contributed by atoms with Gasteiger partial charge >= 0.3 is 5.76 Å². The molecule has 0 aliphatic carbocycles. The molecule has 1 atom stereocenters. The highest BCUT2D eigenvalue weighted by Crippen LogP contribution is 2.36. The lowest BCUT2D eigenvalue weighted by Gasteiger charge is -2.26. The second-order valence-electron chi connectivity index (χ2n) is 6.53. The molecule has 0 fully saturated rings. The van der Waals surface area contributed by atoms with Gasteiger partial charge in [0.2, 0.25) is 5.13 Å². The highest BCUT2D eigenvalue weighted by Gasteiger charge is 2.29. The van der Waals surface area contributed by atoms with E-state index in [4.69, 9.17) is 9.15 Å². The van der Waals surface area contributed by atoms with Crippen molar-refractivity contribution < 1.29 is 22.0 Å². The van der Waals surface area contributed by atoms with E-state index in [1.807, 2.05) is 18.2 Å². The number of nitrogens with zero attached hydrogens (tertiary/aromatic N) is 3. The number of para-hydroxylation sites is 1. The summed E-state index contributed by atoms with van der Waals surface area (Å²) >= 11 is 0.810. The van der Waals surface area contributed by atoms with Crippen molar-refractivity contribution in [1.82, 2.24) is 13.9 Å². The largest absolute Gasteiger partial charge is 0.493 e. The van der Waals surface area contributed by atoms with E-state index < -0.39 is 32.5 Å². The fourth-order valence-corrected chi connectivity index (χ4v) is 5.25. The minimum atomic E-state index is -4.29. The molecule has 3 heterocycles. The minimum absolute atomic E-state index is 0.00710. The zero-order valence-corrected chi connectivity index (χ0v) is 16.7. The van der Waals surface area contributed by atoms with Crippen LogP contribution in [0, 0.1) is 5.82 Å². The van der Waals surface area contributed by atoms with Gasteiger partial charge in [-0.15, -0.1) is 0 Å². The van der Waals surface area contributed by atoms with E-state index in [0.717, 1.165) is 29.2 Å². The zero-order valence-electron chi connectivity index (χ0n) is 15.1. The Morgan fingerprint density at radius 3 is 2.90 bits per heavy atom. The van der Waals surface area contributed by atoms with Gasteiger partial charge in [-0.1, -0.05) is 18.2 Å². The molecule has 0 spiro atoms. The number of ether oxygens (including phenoxy) is 1. The van der Waals surface area contributed by atoms with Gasteiger partial charge in [0.25, 0.3) is 10.0 Å². The third-order valence-corrected chi connectivity index (χ3v) is 6.84. The number of aromatic nitrogens is 3. The SMILES string of the molecule is O=c1oc2cc(S(=O)(=O)Nc3ncns3)c(F)cc2n1C1CCOc2ccccc21. The van der Waals surface area contributed by atoms with Gasteiger partial charge < -0.3 is 9.15 Å². The van der Waals surface area contributed by atoms with E-state index in [2.05, 4.69) is 14.1 Å². The summed E-state index contributed by atoms with van der Waals surface area (Å²) in [4.78, 5) is 15.7. The Hall–Kier alpha value is -3.25. The molecule has 1 N–H and O–H groups in total. The normalized spacial score (nSPS) is 16.2. The van der Waals surface area contributed by atoms with Gasteiger partial charge in [-0.3, -0.25) is 9.29 Å². The highest BCUT2D eigenvalue weighted by atomic mass is 32.2. The van der Waals surface area contributed by atoms with Crippen LogP contribution in [-0.4, -0.2) is 28.9 Å². The summed E-state index contributed by atoms with van der Waals surface area (Å²) in [6, 6.07) is 8.82. The maximum Gasteiger partial charge on any atom is 0.420 e. The number of oxazole rings is 1. The van der Waals surface area contributed by atoms with E-state index >= 15 is 0 Å². The maximum atomic E-state index is 14.9. The number of rotatable bonds is 4. The van der Waals surface area contributed by atoms with Crippen molar-refractivity contribution in [1.29, 1.82) is 0 Å². The summed E-state index contributed by atoms with van der Waals surface area (Å²) < 4.78 is 58.1. The van der Waals surface area contributed by atoms with Crippen LogP contribution in [0.1, 0.15) is 18.0 Å². The average molecular weight is 448 g/mol. The molecule has 0 bridgehead atoms. The Labute approximate surface area is 173 Å². The maximum absolute atomic E-state index is 14.9. The van der Waals surface area contributed by atoms with Crippen LogP contribution < -0.4 is 15.2 Å². The first-order chi connectivity index (χ1) is 14.4. The van der Waals surface area contributed by atoms with Crippen LogP contribution in [0.2, 0.25) is 0 Å². The number of hydrogen-bond donors (Lipinski definition) is 1. The monoisotopic (exact) mass is 448 g/mol. The molecule has 4 aromatic rings. The zero-order chi connectivity index (χ0) is 20.9. The summed E-state index contributed by atoms with van der Waals surface area (Å²) in [6.45, 7) is 0.376. The number of anilines is 1. The molecule has 0 radical (unpaired) electrons. The first kappa shape index (κ1) is 18.8. The summed E-state index contributed by atoms with van der Waals surface area (Å²) in [7, 11) is -4.29. The predicted octanol–water partition coefficient (Wildman–Crippen LogP) is 2.76. The molecule has 1 unspecified atom stereocenters. The number of nitrogens with one attached hydrogen (secondary N) is 1. The molecule has 154 valence electrons. The molecule has 1 aliphatic rings. The number of sulfonamides is 1. The third kappa shape index (κ3) is 3.04. The van der Waals surface area contributed by atoms with Crippen molar-refractivity contribution in [2.24, 2.45) is 0 Å². The van der Waals surface area contributed by atoms with Crippen LogP contribution in [-0.2, 0) is 10.0 Å². The molecule has 1 aliphatic heterocycles. The van der Waals surface area contributed by atoms with Crippen molar-refractivity contribution in [3.63, 3.8) is 0 Å². The van der Waals surface area contributed by atoms with Crippen LogP contribution in [0.25, 0.3) is 11.1 Å². The molecule has 2 aromatic heterocycles. The average Bonchev–Trinajstić information content (AvgIpc) is 3.33. The molecule has 9 nitrogen and oxygen atoms in total. The standard InChI is InChI=1S/C18H13FN4O5S2/c19-11-7-13-15(8-16(11)30(25,26)22-17-20-9-21-29-17)28-18(24)23(13)12-5-6-27-14-4-2-1-3-10(12)14/h1-4,7-9,12H,5-6H2,(H,20,21,22). The fraction of sp³-hybridized carbons (Fsp3) is 0.167. The summed E-state index contributed by atoms with van der Waals surface area (Å²) in [5, 5.41) is -0.00710. The summed E-state index contributed by atoms with van der Waals surface area (Å²) in [6.07, 6.45) is 1.65. The van der Waals surface area contributed by atoms with Gasteiger partial charge in [0.15, 0.2) is 5.58 Å². The Morgan fingerprint density at radius 1 is 1.27 bits per heavy atom. The van der Waals surface area contributed by atoms with Crippen molar-refractivity contribution in [3.8, 4) is 5.75 Å². The smallest absolute Gasteiger partial charge is 0.420 e. The number of hydrogen-bond acceptors (Lipinski definition) is 8. The van der Waals surface area contributed by atoms with Crippen molar-refractivity contribution >= 4 is 37.8 Å². The van der Waals surface area contributed by atoms with Gasteiger partial charge in [-0.05, 0) is 6.07 Å². The Kier molecular flexibility index (Phi) is 4.33. The topological polar surface area (TPSA) is 116 Å². The molecule has 0 saturated carbocycles. The lowest BCUT2D eigenvalue weighted by Crippen LogP contribution is -2.26. The van der Waals surface area contributed by atoms with E-state index in [1.165, 1.54) is 10.9 Å². The molecule has 5 rings (SSSR count). The van der Waals surface area contributed by atoms with Gasteiger partial charge in [0, 0.05) is 35.6 Å². The minimum Gasteiger partial charge on any atom is -0.493 e. The predicted molar refractivity (Wildman–Crippen MR) is 106 cm³/mol. The number of benzene rings is 2. The van der Waals surface area contributed by atoms with Gasteiger partial charge in [-0.25, -0.2) is 22.6 Å².